The highest BCUT2D eigenvalue weighted by Gasteiger charge is 2.08. The van der Waals surface area contributed by atoms with E-state index in [0.29, 0.717) is 0 Å². The summed E-state index contributed by atoms with van der Waals surface area (Å²) < 4.78 is 5.06. The van der Waals surface area contributed by atoms with Crippen LogP contribution in [0.1, 0.15) is 17.7 Å². The second-order valence-corrected chi connectivity index (χ2v) is 4.10. The van der Waals surface area contributed by atoms with Crippen LogP contribution >= 0.6 is 0 Å². The van der Waals surface area contributed by atoms with Crippen LogP contribution in [0.2, 0.25) is 0 Å². The Balaban J connectivity index is 1.83. The maximum absolute atomic E-state index is 11.5. The van der Waals surface area contributed by atoms with Crippen LogP contribution < -0.4 is 11.2 Å². The quantitative estimate of drug-likeness (QED) is 0.755. The van der Waals surface area contributed by atoms with Crippen molar-refractivity contribution in [3.63, 3.8) is 0 Å². The molecule has 1 aromatic heterocycles. The number of esters is 1. The molecule has 2 rings (SSSR count). The van der Waals surface area contributed by atoms with E-state index in [1.807, 2.05) is 35.3 Å². The SMILES string of the molecule is O=C(CCc1n[nH]c(=O)[nH]c1=O)OCc1ccccc1. The highest BCUT2D eigenvalue weighted by Crippen LogP contribution is 2.02. The fourth-order valence-electron chi connectivity index (χ4n) is 1.57. The standard InChI is InChI=1S/C13H13N3O4/c17-11(20-8-9-4-2-1-3-5-9)7-6-10-12(18)14-13(19)16-15-10/h1-5H,6-8H2,(H2,14,16,18,19). The zero-order valence-corrected chi connectivity index (χ0v) is 10.6. The summed E-state index contributed by atoms with van der Waals surface area (Å²) >= 11 is 0. The zero-order chi connectivity index (χ0) is 14.4. The molecule has 0 unspecified atom stereocenters. The third-order valence-electron chi connectivity index (χ3n) is 2.59. The van der Waals surface area contributed by atoms with Crippen molar-refractivity contribution < 1.29 is 9.53 Å². The number of aromatic amines is 2. The van der Waals surface area contributed by atoms with Crippen molar-refractivity contribution >= 4 is 5.97 Å². The van der Waals surface area contributed by atoms with Gasteiger partial charge in [0.15, 0.2) is 0 Å². The van der Waals surface area contributed by atoms with Crippen molar-refractivity contribution in [2.45, 2.75) is 19.4 Å². The van der Waals surface area contributed by atoms with Crippen molar-refractivity contribution in [2.75, 3.05) is 0 Å². The minimum Gasteiger partial charge on any atom is -0.461 e. The molecule has 20 heavy (non-hydrogen) atoms. The lowest BCUT2D eigenvalue weighted by Crippen LogP contribution is -2.27. The lowest BCUT2D eigenvalue weighted by molar-refractivity contribution is -0.144. The van der Waals surface area contributed by atoms with E-state index in [0.717, 1.165) is 5.56 Å². The molecule has 0 atom stereocenters. The molecule has 104 valence electrons. The number of nitrogens with one attached hydrogen (secondary N) is 2. The molecule has 1 aromatic carbocycles. The Kier molecular flexibility index (Phi) is 4.43. The van der Waals surface area contributed by atoms with Crippen LogP contribution in [0, 0.1) is 0 Å². The highest BCUT2D eigenvalue weighted by atomic mass is 16.5. The molecule has 0 radical (unpaired) electrons. The minimum absolute atomic E-state index is 0.0228. The number of carbonyl (C=O) groups is 1. The Morgan fingerprint density at radius 1 is 1.20 bits per heavy atom. The molecular weight excluding hydrogens is 262 g/mol. The molecule has 1 heterocycles. The lowest BCUT2D eigenvalue weighted by atomic mass is 10.2. The second kappa shape index (κ2) is 6.46. The third-order valence-corrected chi connectivity index (χ3v) is 2.59. The van der Waals surface area contributed by atoms with E-state index in [2.05, 4.69) is 10.2 Å². The summed E-state index contributed by atoms with van der Waals surface area (Å²) in [5, 5.41) is 5.69. The molecule has 0 aliphatic heterocycles. The predicted molar refractivity (Wildman–Crippen MR) is 70.0 cm³/mol. The van der Waals surface area contributed by atoms with Gasteiger partial charge >= 0.3 is 11.7 Å². The van der Waals surface area contributed by atoms with Gasteiger partial charge in [-0.3, -0.25) is 14.6 Å². The van der Waals surface area contributed by atoms with E-state index < -0.39 is 17.2 Å². The summed E-state index contributed by atoms with van der Waals surface area (Å²) in [6.45, 7) is 0.190. The van der Waals surface area contributed by atoms with Crippen LogP contribution in [-0.2, 0) is 22.6 Å². The largest absolute Gasteiger partial charge is 0.461 e. The maximum Gasteiger partial charge on any atom is 0.342 e. The average molecular weight is 275 g/mol. The van der Waals surface area contributed by atoms with Crippen molar-refractivity contribution in [1.29, 1.82) is 0 Å². The van der Waals surface area contributed by atoms with E-state index in [-0.39, 0.29) is 25.1 Å². The molecule has 0 saturated heterocycles. The van der Waals surface area contributed by atoms with E-state index in [4.69, 9.17) is 4.74 Å². The van der Waals surface area contributed by atoms with E-state index in [1.54, 1.807) is 0 Å². The number of hydrogen-bond donors (Lipinski definition) is 2. The molecular formula is C13H13N3O4. The number of hydrogen-bond acceptors (Lipinski definition) is 5. The minimum atomic E-state index is -0.676. The predicted octanol–water partition coefficient (Wildman–Crippen LogP) is 0.134. The van der Waals surface area contributed by atoms with Crippen LogP contribution in [0.25, 0.3) is 0 Å². The fourth-order valence-corrected chi connectivity index (χ4v) is 1.57. The van der Waals surface area contributed by atoms with Gasteiger partial charge in [0.2, 0.25) is 0 Å². The number of nitrogens with zero attached hydrogens (tertiary/aromatic N) is 1. The van der Waals surface area contributed by atoms with Crippen LogP contribution in [0.3, 0.4) is 0 Å². The summed E-state index contributed by atoms with van der Waals surface area (Å²) in [6, 6.07) is 9.28. The molecule has 7 heteroatoms. The molecule has 0 amide bonds. The summed E-state index contributed by atoms with van der Waals surface area (Å²) in [5.41, 5.74) is -0.280. The van der Waals surface area contributed by atoms with Gasteiger partial charge in [-0.25, -0.2) is 9.89 Å². The number of aromatic nitrogens is 3. The Morgan fingerprint density at radius 3 is 2.65 bits per heavy atom. The Labute approximate surface area is 113 Å². The number of benzene rings is 1. The van der Waals surface area contributed by atoms with Gasteiger partial charge in [0.05, 0.1) is 6.42 Å². The number of aryl methyl sites for hydroxylation is 1. The topological polar surface area (TPSA) is 105 Å². The Bertz CT molecular complexity index is 691. The van der Waals surface area contributed by atoms with Crippen molar-refractivity contribution in [1.82, 2.24) is 15.2 Å². The monoisotopic (exact) mass is 275 g/mol. The maximum atomic E-state index is 11.5. The Morgan fingerprint density at radius 2 is 1.95 bits per heavy atom. The van der Waals surface area contributed by atoms with Crippen molar-refractivity contribution in [3.05, 3.63) is 62.4 Å². The third kappa shape index (κ3) is 3.91. The molecule has 2 N–H and O–H groups in total. The molecule has 0 aliphatic rings. The summed E-state index contributed by atoms with van der Waals surface area (Å²) in [7, 11) is 0. The molecule has 0 fully saturated rings. The molecule has 0 saturated carbocycles. The first-order valence-electron chi connectivity index (χ1n) is 6.02. The summed E-state index contributed by atoms with van der Waals surface area (Å²) in [4.78, 5) is 35.7. The van der Waals surface area contributed by atoms with Crippen molar-refractivity contribution in [2.24, 2.45) is 0 Å². The van der Waals surface area contributed by atoms with Gasteiger partial charge in [0.1, 0.15) is 12.3 Å². The van der Waals surface area contributed by atoms with Crippen LogP contribution in [-0.4, -0.2) is 21.2 Å². The number of H-pyrrole nitrogens is 2. The highest BCUT2D eigenvalue weighted by molar-refractivity contribution is 5.69. The number of rotatable bonds is 5. The average Bonchev–Trinajstić information content (AvgIpc) is 2.45. The van der Waals surface area contributed by atoms with Gasteiger partial charge in [-0.15, -0.1) is 0 Å². The number of carbonyl (C=O) groups excluding carboxylic acids is 1. The van der Waals surface area contributed by atoms with Gasteiger partial charge in [0, 0.05) is 6.42 Å². The second-order valence-electron chi connectivity index (χ2n) is 4.10. The zero-order valence-electron chi connectivity index (χ0n) is 10.6. The van der Waals surface area contributed by atoms with Crippen LogP contribution in [0.4, 0.5) is 0 Å². The first-order valence-corrected chi connectivity index (χ1v) is 6.02. The van der Waals surface area contributed by atoms with E-state index in [1.165, 1.54) is 0 Å². The van der Waals surface area contributed by atoms with Gasteiger partial charge in [-0.2, -0.15) is 5.10 Å². The van der Waals surface area contributed by atoms with E-state index >= 15 is 0 Å². The molecule has 0 bridgehead atoms. The molecule has 2 aromatic rings. The Hall–Kier alpha value is -2.70. The molecule has 0 spiro atoms. The van der Waals surface area contributed by atoms with E-state index in [9.17, 15) is 14.4 Å². The molecule has 7 nitrogen and oxygen atoms in total. The summed E-state index contributed by atoms with van der Waals surface area (Å²) in [6.07, 6.45) is 0.134. The van der Waals surface area contributed by atoms with Gasteiger partial charge in [-0.05, 0) is 5.56 Å². The lowest BCUT2D eigenvalue weighted by Gasteiger charge is -2.04. The van der Waals surface area contributed by atoms with Crippen LogP contribution in [0.15, 0.2) is 39.9 Å². The smallest absolute Gasteiger partial charge is 0.342 e. The first-order chi connectivity index (χ1) is 9.65. The fraction of sp³-hybridized carbons (Fsp3) is 0.231. The van der Waals surface area contributed by atoms with Gasteiger partial charge in [0.25, 0.3) is 5.56 Å². The molecule has 0 aliphatic carbocycles. The van der Waals surface area contributed by atoms with Crippen LogP contribution in [0.5, 0.6) is 0 Å². The van der Waals surface area contributed by atoms with Crippen molar-refractivity contribution in [3.8, 4) is 0 Å². The number of ether oxygens (including phenoxy) is 1. The first kappa shape index (κ1) is 13.7. The summed E-state index contributed by atoms with van der Waals surface area (Å²) in [5.74, 6) is -0.429. The van der Waals surface area contributed by atoms with Gasteiger partial charge in [-0.1, -0.05) is 30.3 Å². The normalized spacial score (nSPS) is 10.2. The van der Waals surface area contributed by atoms with Gasteiger partial charge < -0.3 is 4.74 Å².